The zero-order valence-corrected chi connectivity index (χ0v) is 18.2. The average Bonchev–Trinajstić information content (AvgIpc) is 3.33. The van der Waals surface area contributed by atoms with Gasteiger partial charge in [-0.15, -0.1) is 0 Å². The van der Waals surface area contributed by atoms with Crippen molar-refractivity contribution in [3.8, 4) is 0 Å². The zero-order chi connectivity index (χ0) is 20.9. The van der Waals surface area contributed by atoms with Gasteiger partial charge in [0, 0.05) is 5.54 Å². The summed E-state index contributed by atoms with van der Waals surface area (Å²) in [5, 5.41) is 20.2. The maximum absolute atomic E-state index is 12.8. The Kier molecular flexibility index (Phi) is 7.97. The molecule has 0 heterocycles. The predicted molar refractivity (Wildman–Crippen MR) is 117 cm³/mol. The Labute approximate surface area is 175 Å². The summed E-state index contributed by atoms with van der Waals surface area (Å²) in [6.45, 7) is 5.37. The van der Waals surface area contributed by atoms with Crippen LogP contribution in [0.4, 0.5) is 0 Å². The fourth-order valence-electron chi connectivity index (χ4n) is 6.82. The van der Waals surface area contributed by atoms with Crippen LogP contribution in [0.15, 0.2) is 22.5 Å². The van der Waals surface area contributed by atoms with E-state index in [1.807, 2.05) is 6.92 Å². The fraction of sp³-hybridized carbons (Fsp3) is 0.913. The highest BCUT2D eigenvalue weighted by Crippen LogP contribution is 2.61. The van der Waals surface area contributed by atoms with Crippen molar-refractivity contribution in [3.05, 3.63) is 27.2 Å². The summed E-state index contributed by atoms with van der Waals surface area (Å²) in [7, 11) is 0. The molecule has 0 aromatic rings. The van der Waals surface area contributed by atoms with Crippen LogP contribution in [-0.4, -0.2) is 30.2 Å². The van der Waals surface area contributed by atoms with Crippen LogP contribution in [-0.2, 0) is 0 Å². The quantitative estimate of drug-likeness (QED) is 0.272. The third-order valence-corrected chi connectivity index (χ3v) is 8.29. The molecule has 2 fully saturated rings. The number of nitroso groups, excluding NO2 is 2. The first-order chi connectivity index (χ1) is 14.1. The molecule has 0 aromatic carbocycles. The number of hydroxylamine groups is 2. The third-order valence-electron chi connectivity index (χ3n) is 8.29. The molecule has 6 heteroatoms. The second-order valence-electron chi connectivity index (χ2n) is 9.75. The van der Waals surface area contributed by atoms with Crippen LogP contribution in [0.1, 0.15) is 71.6 Å². The number of allylic oxidation sites excluding steroid dienone is 1. The van der Waals surface area contributed by atoms with Gasteiger partial charge in [-0.3, -0.25) is 0 Å². The van der Waals surface area contributed by atoms with Crippen molar-refractivity contribution in [3.63, 3.8) is 0 Å². The molecule has 0 bridgehead atoms. The highest BCUT2D eigenvalue weighted by Gasteiger charge is 2.62. The molecule has 0 aliphatic heterocycles. The lowest BCUT2D eigenvalue weighted by molar-refractivity contribution is 0.108. The summed E-state index contributed by atoms with van der Waals surface area (Å²) >= 11 is 0. The number of hydrogen-bond donors (Lipinski definition) is 0. The van der Waals surface area contributed by atoms with Gasteiger partial charge in [0.1, 0.15) is 0 Å². The van der Waals surface area contributed by atoms with Gasteiger partial charge < -0.3 is 10.3 Å². The number of fused-ring (bicyclic) bond motifs is 1. The van der Waals surface area contributed by atoms with Crippen LogP contribution in [0.25, 0.3) is 0 Å². The molecule has 0 radical (unpaired) electrons. The molecule has 6 nitrogen and oxygen atoms in total. The van der Waals surface area contributed by atoms with Crippen LogP contribution in [0, 0.1) is 50.5 Å². The molecule has 7 unspecified atom stereocenters. The maximum atomic E-state index is 12.8. The van der Waals surface area contributed by atoms with Crippen LogP contribution in [0.3, 0.4) is 0 Å². The Morgan fingerprint density at radius 3 is 2.62 bits per heavy atom. The maximum Gasteiger partial charge on any atom is 0.0828 e. The van der Waals surface area contributed by atoms with Gasteiger partial charge in [0.05, 0.1) is 13.1 Å². The molecule has 3 aliphatic rings. The molecule has 29 heavy (non-hydrogen) atoms. The van der Waals surface area contributed by atoms with Crippen LogP contribution in [0.2, 0.25) is 0 Å². The van der Waals surface area contributed by atoms with E-state index in [0.29, 0.717) is 43.2 Å². The van der Waals surface area contributed by atoms with Gasteiger partial charge in [0.15, 0.2) is 0 Å². The highest BCUT2D eigenvalue weighted by atomic mass is 16.5. The lowest BCUT2D eigenvalue weighted by Gasteiger charge is -2.41. The average molecular weight is 405 g/mol. The number of hydrogen-bond acceptors (Lipinski definition) is 6. The summed E-state index contributed by atoms with van der Waals surface area (Å²) in [6.07, 6.45) is 14.3. The van der Waals surface area contributed by atoms with E-state index in [-0.39, 0.29) is 12.5 Å². The molecular formula is C23H38N3O3-. The minimum atomic E-state index is -0.414. The van der Waals surface area contributed by atoms with Crippen molar-refractivity contribution in [2.24, 2.45) is 45.9 Å². The fourth-order valence-corrected chi connectivity index (χ4v) is 6.82. The van der Waals surface area contributed by atoms with Crippen LogP contribution in [0.5, 0.6) is 0 Å². The van der Waals surface area contributed by atoms with Gasteiger partial charge in [0.2, 0.25) is 0 Å². The summed E-state index contributed by atoms with van der Waals surface area (Å²) in [6, 6.07) is 0. The first-order valence-electron chi connectivity index (χ1n) is 11.8. The molecule has 0 spiro atoms. The van der Waals surface area contributed by atoms with Gasteiger partial charge in [-0.1, -0.05) is 42.8 Å². The van der Waals surface area contributed by atoms with E-state index in [1.54, 1.807) is 0 Å². The zero-order valence-electron chi connectivity index (χ0n) is 18.2. The lowest BCUT2D eigenvalue weighted by Crippen LogP contribution is -2.36. The second kappa shape index (κ2) is 10.3. The van der Waals surface area contributed by atoms with E-state index in [0.717, 1.165) is 31.6 Å². The Bertz CT molecular complexity index is 584. The smallest absolute Gasteiger partial charge is 0.0828 e. The Balaban J connectivity index is 1.71. The van der Waals surface area contributed by atoms with Gasteiger partial charge in [-0.05, 0) is 93.4 Å². The largest absolute Gasteiger partial charge is 0.785 e. The molecular weight excluding hydrogens is 366 g/mol. The van der Waals surface area contributed by atoms with Gasteiger partial charge in [-0.25, -0.2) is 0 Å². The Morgan fingerprint density at radius 2 is 1.90 bits per heavy atom. The van der Waals surface area contributed by atoms with Crippen LogP contribution < -0.4 is 0 Å². The van der Waals surface area contributed by atoms with Crippen molar-refractivity contribution in [2.45, 2.75) is 77.2 Å². The Hall–Kier alpha value is -1.14. The monoisotopic (exact) mass is 404 g/mol. The highest BCUT2D eigenvalue weighted by molar-refractivity contribution is 5.25. The predicted octanol–water partition coefficient (Wildman–Crippen LogP) is 5.90. The first-order valence-corrected chi connectivity index (χ1v) is 11.8. The third kappa shape index (κ3) is 4.79. The SMILES string of the molecule is CCN([O-])C1(CCN=O)C2/C=C\CCC(C3CCC(C)CC3CCN=O)CCC21. The van der Waals surface area contributed by atoms with Crippen molar-refractivity contribution >= 4 is 0 Å². The summed E-state index contributed by atoms with van der Waals surface area (Å²) in [5.41, 5.74) is -0.414. The van der Waals surface area contributed by atoms with E-state index < -0.39 is 5.54 Å². The van der Waals surface area contributed by atoms with Crippen molar-refractivity contribution in [1.29, 1.82) is 0 Å². The summed E-state index contributed by atoms with van der Waals surface area (Å²) in [4.78, 5) is 21.5. The Morgan fingerprint density at radius 1 is 1.10 bits per heavy atom. The van der Waals surface area contributed by atoms with E-state index in [4.69, 9.17) is 0 Å². The molecule has 3 rings (SSSR count). The minimum Gasteiger partial charge on any atom is -0.785 e. The van der Waals surface area contributed by atoms with Gasteiger partial charge in [-0.2, -0.15) is 9.81 Å². The summed E-state index contributed by atoms with van der Waals surface area (Å²) in [5.74, 6) is 3.30. The van der Waals surface area contributed by atoms with E-state index in [9.17, 15) is 15.0 Å². The number of nitrogens with zero attached hydrogens (tertiary/aromatic N) is 3. The molecule has 0 N–H and O–H groups in total. The number of rotatable bonds is 9. The van der Waals surface area contributed by atoms with E-state index >= 15 is 0 Å². The molecule has 0 aromatic heterocycles. The lowest BCUT2D eigenvalue weighted by atomic mass is 9.66. The minimum absolute atomic E-state index is 0.226. The standard InChI is InChI=1S/C23H38N3O3/c1-3-26(29)23(13-15-25-28)21-7-5-4-6-18(9-11-22(21)23)20-10-8-17(2)16-19(20)12-14-24-27/h5,7,17-22H,3-4,6,8-16H2,1-2H3/q-1/b7-5-. The van der Waals surface area contributed by atoms with Gasteiger partial charge in [0.25, 0.3) is 0 Å². The molecule has 164 valence electrons. The van der Waals surface area contributed by atoms with Crippen LogP contribution >= 0.6 is 0 Å². The molecule has 2 saturated carbocycles. The topological polar surface area (TPSA) is 85.2 Å². The second-order valence-corrected chi connectivity index (χ2v) is 9.75. The summed E-state index contributed by atoms with van der Waals surface area (Å²) < 4.78 is 0. The normalized spacial score (nSPS) is 41.0. The first kappa shape index (κ1) is 22.5. The van der Waals surface area contributed by atoms with E-state index in [1.165, 1.54) is 30.7 Å². The van der Waals surface area contributed by atoms with Gasteiger partial charge >= 0.3 is 0 Å². The van der Waals surface area contributed by atoms with Crippen molar-refractivity contribution < 1.29 is 0 Å². The molecule has 7 atom stereocenters. The molecule has 0 amide bonds. The molecule has 3 aliphatic carbocycles. The molecule has 0 saturated heterocycles. The van der Waals surface area contributed by atoms with Crippen molar-refractivity contribution in [1.82, 2.24) is 5.06 Å². The van der Waals surface area contributed by atoms with E-state index in [2.05, 4.69) is 29.4 Å². The van der Waals surface area contributed by atoms with Crippen molar-refractivity contribution in [2.75, 3.05) is 19.6 Å².